The Morgan fingerprint density at radius 3 is 2.28 bits per heavy atom. The van der Waals surface area contributed by atoms with Crippen molar-refractivity contribution >= 4 is 0 Å². The quantitative estimate of drug-likeness (QED) is 0.735. The van der Waals surface area contributed by atoms with Gasteiger partial charge in [-0.25, -0.2) is 8.78 Å². The Morgan fingerprint density at radius 2 is 1.78 bits per heavy atom. The lowest BCUT2D eigenvalue weighted by Crippen LogP contribution is -2.37. The molecule has 0 spiro atoms. The Kier molecular flexibility index (Phi) is 3.92. The van der Waals surface area contributed by atoms with Crippen molar-refractivity contribution in [3.63, 3.8) is 0 Å². The summed E-state index contributed by atoms with van der Waals surface area (Å²) in [5, 5.41) is 0. The van der Waals surface area contributed by atoms with Crippen LogP contribution in [0.2, 0.25) is 0 Å². The van der Waals surface area contributed by atoms with E-state index < -0.39 is 12.0 Å². The summed E-state index contributed by atoms with van der Waals surface area (Å²) in [6.45, 7) is 1.98. The van der Waals surface area contributed by atoms with E-state index in [0.29, 0.717) is 0 Å². The molecule has 0 aromatic heterocycles. The Balaban J connectivity index is 2.19. The standard InChI is InChI=1S/C15H16F2O/c1-2-18-15(14(16)17)10-8-13(9-11-15)12-6-4-3-5-7-12/h3-11,13-14H,2H2,1H3. The van der Waals surface area contributed by atoms with Gasteiger partial charge < -0.3 is 4.74 Å². The van der Waals surface area contributed by atoms with E-state index in [1.165, 1.54) is 12.2 Å². The monoisotopic (exact) mass is 250 g/mol. The second kappa shape index (κ2) is 5.44. The van der Waals surface area contributed by atoms with E-state index >= 15 is 0 Å². The van der Waals surface area contributed by atoms with Crippen molar-refractivity contribution in [3.8, 4) is 0 Å². The van der Waals surface area contributed by atoms with Gasteiger partial charge in [0.25, 0.3) is 6.43 Å². The van der Waals surface area contributed by atoms with Crippen LogP contribution in [0.3, 0.4) is 0 Å². The normalized spacial score (nSPS) is 26.8. The molecule has 0 atom stereocenters. The third-order valence-electron chi connectivity index (χ3n) is 3.05. The minimum Gasteiger partial charge on any atom is -0.361 e. The molecule has 0 aliphatic heterocycles. The van der Waals surface area contributed by atoms with Crippen LogP contribution < -0.4 is 0 Å². The summed E-state index contributed by atoms with van der Waals surface area (Å²) in [6, 6.07) is 9.78. The number of hydrogen-bond donors (Lipinski definition) is 0. The molecule has 0 radical (unpaired) electrons. The van der Waals surface area contributed by atoms with Gasteiger partial charge >= 0.3 is 0 Å². The molecule has 0 amide bonds. The molecule has 1 nitrogen and oxygen atoms in total. The molecule has 0 fully saturated rings. The van der Waals surface area contributed by atoms with E-state index in [1.54, 1.807) is 19.1 Å². The van der Waals surface area contributed by atoms with Gasteiger partial charge in [-0.2, -0.15) is 0 Å². The lowest BCUT2D eigenvalue weighted by molar-refractivity contribution is -0.0761. The van der Waals surface area contributed by atoms with Crippen molar-refractivity contribution in [1.29, 1.82) is 0 Å². The molecule has 0 N–H and O–H groups in total. The fourth-order valence-corrected chi connectivity index (χ4v) is 2.08. The van der Waals surface area contributed by atoms with Crippen molar-refractivity contribution in [2.45, 2.75) is 24.9 Å². The smallest absolute Gasteiger partial charge is 0.274 e. The van der Waals surface area contributed by atoms with Crippen LogP contribution >= 0.6 is 0 Å². The summed E-state index contributed by atoms with van der Waals surface area (Å²) in [5.74, 6) is 0.0403. The van der Waals surface area contributed by atoms with Crippen LogP contribution in [0.15, 0.2) is 54.6 Å². The van der Waals surface area contributed by atoms with Crippen molar-refractivity contribution in [2.75, 3.05) is 6.61 Å². The summed E-state index contributed by atoms with van der Waals surface area (Å²) in [6.07, 6.45) is 3.94. The molecule has 0 saturated carbocycles. The average molecular weight is 250 g/mol. The zero-order chi connectivity index (χ0) is 13.0. The third-order valence-corrected chi connectivity index (χ3v) is 3.05. The Bertz CT molecular complexity index is 423. The second-order valence-electron chi connectivity index (χ2n) is 4.24. The lowest BCUT2D eigenvalue weighted by atomic mass is 9.88. The molecular weight excluding hydrogens is 234 g/mol. The topological polar surface area (TPSA) is 9.23 Å². The van der Waals surface area contributed by atoms with Gasteiger partial charge in [0.1, 0.15) is 0 Å². The Hall–Kier alpha value is -1.48. The van der Waals surface area contributed by atoms with E-state index in [1.807, 2.05) is 30.3 Å². The van der Waals surface area contributed by atoms with Crippen molar-refractivity contribution in [3.05, 3.63) is 60.2 Å². The lowest BCUT2D eigenvalue weighted by Gasteiger charge is -2.30. The van der Waals surface area contributed by atoms with Gasteiger partial charge in [0.2, 0.25) is 0 Å². The number of hydrogen-bond acceptors (Lipinski definition) is 1. The summed E-state index contributed by atoms with van der Waals surface area (Å²) >= 11 is 0. The summed E-state index contributed by atoms with van der Waals surface area (Å²) in [5.41, 5.74) is -0.468. The van der Waals surface area contributed by atoms with Gasteiger partial charge in [-0.3, -0.25) is 0 Å². The highest BCUT2D eigenvalue weighted by Gasteiger charge is 2.37. The average Bonchev–Trinajstić information content (AvgIpc) is 2.41. The van der Waals surface area contributed by atoms with Gasteiger partial charge in [0.15, 0.2) is 5.60 Å². The van der Waals surface area contributed by atoms with Gasteiger partial charge in [0, 0.05) is 12.5 Å². The highest BCUT2D eigenvalue weighted by atomic mass is 19.3. The van der Waals surface area contributed by atoms with Crippen LogP contribution in [-0.4, -0.2) is 18.6 Å². The zero-order valence-electron chi connectivity index (χ0n) is 10.2. The van der Waals surface area contributed by atoms with Gasteiger partial charge in [-0.15, -0.1) is 0 Å². The maximum atomic E-state index is 13.1. The zero-order valence-corrected chi connectivity index (χ0v) is 10.2. The molecule has 1 aliphatic carbocycles. The highest BCUT2D eigenvalue weighted by molar-refractivity contribution is 5.35. The van der Waals surface area contributed by atoms with Crippen LogP contribution in [0.4, 0.5) is 8.78 Å². The van der Waals surface area contributed by atoms with Crippen LogP contribution in [0, 0.1) is 0 Å². The van der Waals surface area contributed by atoms with Gasteiger partial charge in [-0.05, 0) is 24.6 Å². The molecule has 1 aromatic rings. The summed E-state index contributed by atoms with van der Waals surface area (Å²) in [4.78, 5) is 0. The molecule has 1 aromatic carbocycles. The SMILES string of the molecule is CCOC1(C(F)F)C=CC(c2ccccc2)C=C1. The minimum absolute atomic E-state index is 0.0403. The molecular formula is C15H16F2O. The first-order valence-electron chi connectivity index (χ1n) is 6.04. The van der Waals surface area contributed by atoms with Crippen LogP contribution in [0.1, 0.15) is 18.4 Å². The van der Waals surface area contributed by atoms with Crippen molar-refractivity contribution in [1.82, 2.24) is 0 Å². The highest BCUT2D eigenvalue weighted by Crippen LogP contribution is 2.32. The molecule has 3 heteroatoms. The first kappa shape index (κ1) is 13.0. The fourth-order valence-electron chi connectivity index (χ4n) is 2.08. The van der Waals surface area contributed by atoms with Crippen molar-refractivity contribution in [2.24, 2.45) is 0 Å². The molecule has 0 saturated heterocycles. The first-order chi connectivity index (χ1) is 8.68. The molecule has 0 unspecified atom stereocenters. The molecule has 18 heavy (non-hydrogen) atoms. The predicted octanol–water partition coefficient (Wildman–Crippen LogP) is 3.94. The maximum absolute atomic E-state index is 13.1. The molecule has 1 aliphatic rings. The Labute approximate surface area is 106 Å². The number of allylic oxidation sites excluding steroid dienone is 2. The molecule has 2 rings (SSSR count). The number of rotatable bonds is 4. The van der Waals surface area contributed by atoms with E-state index in [0.717, 1.165) is 5.56 Å². The largest absolute Gasteiger partial charge is 0.361 e. The second-order valence-corrected chi connectivity index (χ2v) is 4.24. The van der Waals surface area contributed by atoms with E-state index in [-0.39, 0.29) is 12.5 Å². The summed E-state index contributed by atoms with van der Waals surface area (Å²) < 4.78 is 31.3. The third kappa shape index (κ3) is 2.51. The van der Waals surface area contributed by atoms with Crippen LogP contribution in [0.25, 0.3) is 0 Å². The van der Waals surface area contributed by atoms with E-state index in [4.69, 9.17) is 4.74 Å². The minimum atomic E-state index is -2.55. The number of halogens is 2. The number of benzene rings is 1. The fraction of sp³-hybridized carbons (Fsp3) is 0.333. The number of ether oxygens (including phenoxy) is 1. The van der Waals surface area contributed by atoms with Crippen LogP contribution in [-0.2, 0) is 4.74 Å². The van der Waals surface area contributed by atoms with Crippen molar-refractivity contribution < 1.29 is 13.5 Å². The van der Waals surface area contributed by atoms with Crippen LogP contribution in [0.5, 0.6) is 0 Å². The molecule has 0 heterocycles. The van der Waals surface area contributed by atoms with Gasteiger partial charge in [-0.1, -0.05) is 42.5 Å². The van der Waals surface area contributed by atoms with E-state index in [9.17, 15) is 8.78 Å². The van der Waals surface area contributed by atoms with Gasteiger partial charge in [0.05, 0.1) is 0 Å². The number of alkyl halides is 2. The molecule has 0 bridgehead atoms. The maximum Gasteiger partial charge on any atom is 0.274 e. The molecule has 96 valence electrons. The van der Waals surface area contributed by atoms with E-state index in [2.05, 4.69) is 0 Å². The predicted molar refractivity (Wildman–Crippen MR) is 67.8 cm³/mol. The first-order valence-corrected chi connectivity index (χ1v) is 6.04. The Morgan fingerprint density at radius 1 is 1.17 bits per heavy atom. The summed E-state index contributed by atoms with van der Waals surface area (Å²) in [7, 11) is 0.